The first-order valence-corrected chi connectivity index (χ1v) is 11.0. The first-order chi connectivity index (χ1) is 15.0. The number of rotatable bonds is 6. The zero-order chi connectivity index (χ0) is 21.8. The van der Waals surface area contributed by atoms with E-state index in [-0.39, 0.29) is 11.9 Å². The number of hydrogen-bond donors (Lipinski definition) is 1. The molecule has 4 rings (SSSR count). The van der Waals surface area contributed by atoms with Crippen LogP contribution < -0.4 is 19.5 Å². The van der Waals surface area contributed by atoms with E-state index in [2.05, 4.69) is 10.3 Å². The van der Waals surface area contributed by atoms with E-state index in [0.29, 0.717) is 22.6 Å². The summed E-state index contributed by atoms with van der Waals surface area (Å²) in [5.41, 5.74) is 2.92. The van der Waals surface area contributed by atoms with Crippen molar-refractivity contribution >= 4 is 17.4 Å². The van der Waals surface area contributed by atoms with Gasteiger partial charge >= 0.3 is 6.09 Å². The number of fused-ring (bicyclic) bond motifs is 1. The van der Waals surface area contributed by atoms with Crippen LogP contribution in [0.2, 0.25) is 0 Å². The van der Waals surface area contributed by atoms with Gasteiger partial charge in [0.25, 0.3) is 5.19 Å². The van der Waals surface area contributed by atoms with Crippen molar-refractivity contribution in [2.24, 2.45) is 0 Å². The Hall–Kier alpha value is -3.13. The molecule has 1 unspecified atom stereocenters. The molecule has 0 spiro atoms. The third-order valence-corrected chi connectivity index (χ3v) is 5.70. The first kappa shape index (κ1) is 21.1. The Bertz CT molecular complexity index is 1090. The van der Waals surface area contributed by atoms with Crippen molar-refractivity contribution in [3.8, 4) is 21.8 Å². The Balaban J connectivity index is 1.41. The van der Waals surface area contributed by atoms with Gasteiger partial charge in [-0.15, -0.1) is 0 Å². The average Bonchev–Trinajstić information content (AvgIpc) is 3.20. The minimum absolute atomic E-state index is 0.174. The monoisotopic (exact) mass is 442 g/mol. The first-order valence-electron chi connectivity index (χ1n) is 10.2. The molecule has 0 aliphatic carbocycles. The number of carbonyl (C=O) groups is 1. The molecule has 1 aliphatic heterocycles. The van der Waals surface area contributed by atoms with Gasteiger partial charge in [-0.3, -0.25) is 0 Å². The molecule has 2 aromatic carbocycles. The van der Waals surface area contributed by atoms with E-state index >= 15 is 0 Å². The lowest BCUT2D eigenvalue weighted by Gasteiger charge is -2.27. The molecule has 0 bridgehead atoms. The van der Waals surface area contributed by atoms with Gasteiger partial charge in [-0.05, 0) is 84.5 Å². The average molecular weight is 443 g/mol. The Morgan fingerprint density at radius 2 is 2.19 bits per heavy atom. The molecule has 3 aromatic rings. The van der Waals surface area contributed by atoms with Crippen LogP contribution in [0.5, 0.6) is 21.8 Å². The molecule has 0 radical (unpaired) electrons. The van der Waals surface area contributed by atoms with Crippen LogP contribution in [0.3, 0.4) is 0 Å². The molecule has 0 saturated heterocycles. The van der Waals surface area contributed by atoms with Gasteiger partial charge in [0, 0.05) is 6.54 Å². The lowest BCUT2D eigenvalue weighted by Crippen LogP contribution is -2.26. The van der Waals surface area contributed by atoms with Crippen LogP contribution in [-0.4, -0.2) is 17.6 Å². The number of halogens is 1. The Morgan fingerprint density at radius 1 is 1.32 bits per heavy atom. The number of amides is 1. The van der Waals surface area contributed by atoms with Crippen LogP contribution >= 0.6 is 11.3 Å². The number of nitrogens with zero attached hydrogens (tertiary/aromatic N) is 1. The summed E-state index contributed by atoms with van der Waals surface area (Å²) in [7, 11) is 0. The molecule has 162 valence electrons. The second-order valence-corrected chi connectivity index (χ2v) is 8.23. The number of carbonyl (C=O) groups excluding carboxylic acids is 1. The van der Waals surface area contributed by atoms with E-state index in [1.807, 2.05) is 26.0 Å². The van der Waals surface area contributed by atoms with Crippen molar-refractivity contribution in [3.05, 3.63) is 65.1 Å². The van der Waals surface area contributed by atoms with E-state index < -0.39 is 6.09 Å². The molecule has 1 aromatic heterocycles. The molecule has 1 atom stereocenters. The summed E-state index contributed by atoms with van der Waals surface area (Å²) >= 11 is 1.14. The lowest BCUT2D eigenvalue weighted by molar-refractivity contribution is 0.175. The summed E-state index contributed by atoms with van der Waals surface area (Å²) in [5.74, 6) is 1.13. The molecule has 2 heterocycles. The van der Waals surface area contributed by atoms with Gasteiger partial charge in [0.15, 0.2) is 0 Å². The number of nitrogens with one attached hydrogen (secondary N) is 1. The molecule has 0 fully saturated rings. The maximum absolute atomic E-state index is 13.7. The lowest BCUT2D eigenvalue weighted by atomic mass is 9.94. The van der Waals surface area contributed by atoms with Crippen LogP contribution in [0.25, 0.3) is 0 Å². The molecular formula is C23H23FN2O4S. The Morgan fingerprint density at radius 3 is 3.03 bits per heavy atom. The highest BCUT2D eigenvalue weighted by Gasteiger charge is 2.23. The topological polar surface area (TPSA) is 69.7 Å². The predicted octanol–water partition coefficient (Wildman–Crippen LogP) is 5.95. The highest BCUT2D eigenvalue weighted by Crippen LogP contribution is 2.39. The molecule has 0 saturated carbocycles. The normalized spacial score (nSPS) is 15.0. The molecular weight excluding hydrogens is 419 g/mol. The van der Waals surface area contributed by atoms with E-state index in [4.69, 9.17) is 14.2 Å². The SMILES string of the molecule is CCCNC(=O)Oc1cnc(Oc2ccc3c(c2)CCC(c2cc(F)ccc2C)O3)s1. The molecule has 31 heavy (non-hydrogen) atoms. The van der Waals surface area contributed by atoms with Gasteiger partial charge in [-0.2, -0.15) is 0 Å². The highest BCUT2D eigenvalue weighted by atomic mass is 32.1. The summed E-state index contributed by atoms with van der Waals surface area (Å²) in [6.07, 6.45) is 3.15. The van der Waals surface area contributed by atoms with Crippen LogP contribution in [0.4, 0.5) is 9.18 Å². The quantitative estimate of drug-likeness (QED) is 0.511. The van der Waals surface area contributed by atoms with Crippen molar-refractivity contribution in [1.29, 1.82) is 0 Å². The van der Waals surface area contributed by atoms with Crippen molar-refractivity contribution in [2.75, 3.05) is 6.54 Å². The van der Waals surface area contributed by atoms with Crippen LogP contribution in [-0.2, 0) is 6.42 Å². The summed E-state index contributed by atoms with van der Waals surface area (Å²) in [6, 6.07) is 10.4. The third kappa shape index (κ3) is 5.14. The van der Waals surface area contributed by atoms with Gasteiger partial charge in [-0.1, -0.05) is 13.0 Å². The van der Waals surface area contributed by atoms with E-state index in [1.54, 1.807) is 18.2 Å². The fraction of sp³-hybridized carbons (Fsp3) is 0.304. The molecule has 1 amide bonds. The zero-order valence-electron chi connectivity index (χ0n) is 17.3. The van der Waals surface area contributed by atoms with Gasteiger partial charge < -0.3 is 19.5 Å². The molecule has 1 aliphatic rings. The van der Waals surface area contributed by atoms with Crippen LogP contribution in [0, 0.1) is 12.7 Å². The van der Waals surface area contributed by atoms with E-state index in [0.717, 1.165) is 53.0 Å². The number of ether oxygens (including phenoxy) is 3. The minimum atomic E-state index is -0.508. The highest BCUT2D eigenvalue weighted by molar-refractivity contribution is 7.15. The zero-order valence-corrected chi connectivity index (χ0v) is 18.1. The summed E-state index contributed by atoms with van der Waals surface area (Å²) in [6.45, 7) is 4.48. The van der Waals surface area contributed by atoms with Gasteiger partial charge in [-0.25, -0.2) is 14.2 Å². The number of aromatic nitrogens is 1. The van der Waals surface area contributed by atoms with Gasteiger partial charge in [0.2, 0.25) is 5.06 Å². The third-order valence-electron chi connectivity index (χ3n) is 4.95. The largest absolute Gasteiger partial charge is 0.485 e. The predicted molar refractivity (Wildman–Crippen MR) is 116 cm³/mol. The maximum atomic E-state index is 13.7. The summed E-state index contributed by atoms with van der Waals surface area (Å²) < 4.78 is 30.8. The summed E-state index contributed by atoms with van der Waals surface area (Å²) in [5, 5.41) is 3.38. The molecule has 6 nitrogen and oxygen atoms in total. The van der Waals surface area contributed by atoms with Crippen LogP contribution in [0.15, 0.2) is 42.6 Å². The second-order valence-electron chi connectivity index (χ2n) is 7.28. The standard InChI is InChI=1S/C23H23FN2O4S/c1-3-10-25-22(27)30-21-13-26-23(31-21)28-17-7-9-19-15(11-17)5-8-20(29-19)18-12-16(24)6-4-14(18)2/h4,6-7,9,11-13,20H,3,5,8,10H2,1-2H3,(H,25,27). The maximum Gasteiger partial charge on any atom is 0.413 e. The van der Waals surface area contributed by atoms with Gasteiger partial charge in [0.05, 0.1) is 6.20 Å². The van der Waals surface area contributed by atoms with Crippen molar-refractivity contribution < 1.29 is 23.4 Å². The fourth-order valence-corrected chi connectivity index (χ4v) is 4.04. The number of benzene rings is 2. The fourth-order valence-electron chi connectivity index (χ4n) is 3.40. The Labute approximate surface area is 184 Å². The number of thiazole rings is 1. The van der Waals surface area contributed by atoms with Crippen molar-refractivity contribution in [2.45, 2.75) is 39.2 Å². The summed E-state index contributed by atoms with van der Waals surface area (Å²) in [4.78, 5) is 15.8. The van der Waals surface area contributed by atoms with Crippen LogP contribution in [0.1, 0.15) is 42.6 Å². The van der Waals surface area contributed by atoms with E-state index in [9.17, 15) is 9.18 Å². The number of aryl methyl sites for hydroxylation is 2. The smallest absolute Gasteiger partial charge is 0.413 e. The van der Waals surface area contributed by atoms with Gasteiger partial charge in [0.1, 0.15) is 23.4 Å². The number of hydrogen-bond acceptors (Lipinski definition) is 6. The molecule has 1 N–H and O–H groups in total. The van der Waals surface area contributed by atoms with Crippen molar-refractivity contribution in [1.82, 2.24) is 10.3 Å². The van der Waals surface area contributed by atoms with Crippen molar-refractivity contribution in [3.63, 3.8) is 0 Å². The van der Waals surface area contributed by atoms with E-state index in [1.165, 1.54) is 12.3 Å². The second kappa shape index (κ2) is 9.34. The minimum Gasteiger partial charge on any atom is -0.485 e. The molecule has 8 heteroatoms. The Kier molecular flexibility index (Phi) is 6.36.